The van der Waals surface area contributed by atoms with Crippen molar-refractivity contribution in [3.05, 3.63) is 24.0 Å². The minimum absolute atomic E-state index is 0. The highest BCUT2D eigenvalue weighted by atomic mass is 127. The Morgan fingerprint density at radius 3 is 2.56 bits per heavy atom. The van der Waals surface area contributed by atoms with Crippen molar-refractivity contribution in [2.75, 3.05) is 33.2 Å². The normalized spacial score (nSPS) is 29.8. The van der Waals surface area contributed by atoms with Crippen LogP contribution in [0, 0.1) is 11.8 Å². The van der Waals surface area contributed by atoms with Crippen LogP contribution in [0.3, 0.4) is 0 Å². The van der Waals surface area contributed by atoms with Crippen molar-refractivity contribution >= 4 is 29.9 Å². The molecule has 2 saturated carbocycles. The van der Waals surface area contributed by atoms with E-state index in [0.29, 0.717) is 0 Å². The molecule has 1 aromatic rings. The maximum absolute atomic E-state index is 4.51. The highest BCUT2D eigenvalue weighted by molar-refractivity contribution is 14.0. The smallest absolute Gasteiger partial charge is 0.194 e. The summed E-state index contributed by atoms with van der Waals surface area (Å²) in [5.41, 5.74) is 1.29. The molecule has 3 atom stereocenters. The quantitative estimate of drug-likeness (QED) is 0.431. The summed E-state index contributed by atoms with van der Waals surface area (Å²) in [6, 6.07) is 5.13. The lowest BCUT2D eigenvalue weighted by Gasteiger charge is -2.41. The third-order valence-corrected chi connectivity index (χ3v) is 6.47. The molecule has 5 nitrogen and oxygen atoms in total. The molecule has 0 aromatic carbocycles. The Bertz CT molecular complexity index is 590. The van der Waals surface area contributed by atoms with Crippen molar-refractivity contribution in [3.63, 3.8) is 0 Å². The molecular weight excluding hydrogens is 425 g/mol. The summed E-state index contributed by atoms with van der Waals surface area (Å²) in [5, 5.41) is 3.53. The fourth-order valence-corrected chi connectivity index (χ4v) is 5.11. The Hall–Kier alpha value is -0.760. The number of hydrogen-bond acceptors (Lipinski definition) is 2. The second-order valence-corrected chi connectivity index (χ2v) is 7.78. The molecule has 0 amide bonds. The van der Waals surface area contributed by atoms with Gasteiger partial charge in [0.05, 0.1) is 6.54 Å². The average Bonchev–Trinajstić information content (AvgIpc) is 3.33. The fraction of sp³-hybridized carbons (Fsp3) is 0.737. The minimum atomic E-state index is 0. The molecule has 2 heterocycles. The van der Waals surface area contributed by atoms with Gasteiger partial charge in [-0.05, 0) is 43.2 Å². The molecule has 1 saturated heterocycles. The first-order valence-electron chi connectivity index (χ1n) is 9.54. The summed E-state index contributed by atoms with van der Waals surface area (Å²) in [4.78, 5) is 9.70. The molecule has 1 aliphatic heterocycles. The molecule has 1 aromatic heterocycles. The predicted octanol–water partition coefficient (Wildman–Crippen LogP) is 2.52. The van der Waals surface area contributed by atoms with Gasteiger partial charge in [-0.1, -0.05) is 6.42 Å². The number of fused-ring (bicyclic) bond motifs is 2. The number of aromatic nitrogens is 1. The van der Waals surface area contributed by atoms with E-state index in [9.17, 15) is 0 Å². The SMILES string of the molecule is CN=C(NCc1cccn1C)N1CCN(C2CC3CCC2C3)CC1.I. The van der Waals surface area contributed by atoms with Gasteiger partial charge in [0.25, 0.3) is 0 Å². The second kappa shape index (κ2) is 8.29. The van der Waals surface area contributed by atoms with Crippen molar-refractivity contribution in [3.8, 4) is 0 Å². The van der Waals surface area contributed by atoms with Crippen molar-refractivity contribution in [1.29, 1.82) is 0 Å². The fourth-order valence-electron chi connectivity index (χ4n) is 5.11. The molecule has 0 spiro atoms. The zero-order valence-corrected chi connectivity index (χ0v) is 17.9. The predicted molar refractivity (Wildman–Crippen MR) is 113 cm³/mol. The van der Waals surface area contributed by atoms with Crippen LogP contribution in [0.5, 0.6) is 0 Å². The van der Waals surface area contributed by atoms with Crippen LogP contribution in [0.1, 0.15) is 31.4 Å². The second-order valence-electron chi connectivity index (χ2n) is 7.78. The molecule has 6 heteroatoms. The first-order chi connectivity index (χ1) is 11.7. The number of halogens is 1. The third kappa shape index (κ3) is 3.99. The van der Waals surface area contributed by atoms with Crippen LogP contribution in [0.4, 0.5) is 0 Å². The Morgan fingerprint density at radius 1 is 1.20 bits per heavy atom. The highest BCUT2D eigenvalue weighted by Gasteiger charge is 2.42. The van der Waals surface area contributed by atoms with E-state index in [2.05, 4.69) is 50.1 Å². The van der Waals surface area contributed by atoms with E-state index in [0.717, 1.165) is 43.5 Å². The summed E-state index contributed by atoms with van der Waals surface area (Å²) in [5.74, 6) is 3.08. The number of piperazine rings is 1. The maximum atomic E-state index is 4.51. The minimum Gasteiger partial charge on any atom is -0.353 e. The standard InChI is InChI=1S/C19H31N5.HI/c1-20-19(21-14-17-4-3-7-22(17)2)24-10-8-23(9-11-24)18-13-15-5-6-16(18)12-15;/h3-4,7,15-16,18H,5-6,8-14H2,1-2H3,(H,20,21);1H. The van der Waals surface area contributed by atoms with Gasteiger partial charge < -0.3 is 14.8 Å². The Kier molecular flexibility index (Phi) is 6.30. The van der Waals surface area contributed by atoms with E-state index in [-0.39, 0.29) is 24.0 Å². The van der Waals surface area contributed by atoms with Gasteiger partial charge in [0, 0.05) is 58.2 Å². The van der Waals surface area contributed by atoms with Crippen LogP contribution in [0.25, 0.3) is 0 Å². The van der Waals surface area contributed by atoms with Gasteiger partial charge in [-0.15, -0.1) is 24.0 Å². The monoisotopic (exact) mass is 457 g/mol. The van der Waals surface area contributed by atoms with Crippen LogP contribution in [-0.4, -0.2) is 59.6 Å². The zero-order valence-electron chi connectivity index (χ0n) is 15.5. The Labute approximate surface area is 168 Å². The van der Waals surface area contributed by atoms with Crippen molar-refractivity contribution < 1.29 is 0 Å². The first-order valence-corrected chi connectivity index (χ1v) is 9.54. The summed E-state index contributed by atoms with van der Waals surface area (Å²) in [6.07, 6.45) is 8.04. The van der Waals surface area contributed by atoms with Gasteiger partial charge in [-0.25, -0.2) is 0 Å². The number of guanidine groups is 1. The van der Waals surface area contributed by atoms with Crippen molar-refractivity contribution in [2.45, 2.75) is 38.3 Å². The van der Waals surface area contributed by atoms with Gasteiger partial charge in [-0.3, -0.25) is 9.89 Å². The summed E-state index contributed by atoms with van der Waals surface area (Å²) in [7, 11) is 3.99. The lowest BCUT2D eigenvalue weighted by Crippen LogP contribution is -2.55. The zero-order chi connectivity index (χ0) is 16.5. The molecule has 2 bridgehead atoms. The molecule has 3 unspecified atom stereocenters. The average molecular weight is 457 g/mol. The highest BCUT2D eigenvalue weighted by Crippen LogP contribution is 2.46. The number of rotatable bonds is 3. The number of aliphatic imine (C=N–C) groups is 1. The number of nitrogens with zero attached hydrogens (tertiary/aromatic N) is 4. The molecular formula is C19H32IN5. The molecule has 140 valence electrons. The molecule has 25 heavy (non-hydrogen) atoms. The maximum Gasteiger partial charge on any atom is 0.194 e. The van der Waals surface area contributed by atoms with Crippen molar-refractivity contribution in [2.24, 2.45) is 23.9 Å². The van der Waals surface area contributed by atoms with E-state index in [1.165, 1.54) is 44.5 Å². The molecule has 4 rings (SSSR count). The van der Waals surface area contributed by atoms with Gasteiger partial charge >= 0.3 is 0 Å². The van der Waals surface area contributed by atoms with E-state index in [1.54, 1.807) is 0 Å². The van der Waals surface area contributed by atoms with Gasteiger partial charge in [-0.2, -0.15) is 0 Å². The Balaban J connectivity index is 0.00000182. The molecule has 3 fully saturated rings. The number of hydrogen-bond donors (Lipinski definition) is 1. The largest absolute Gasteiger partial charge is 0.353 e. The van der Waals surface area contributed by atoms with Gasteiger partial charge in [0.15, 0.2) is 5.96 Å². The van der Waals surface area contributed by atoms with E-state index >= 15 is 0 Å². The van der Waals surface area contributed by atoms with Crippen LogP contribution < -0.4 is 5.32 Å². The topological polar surface area (TPSA) is 35.8 Å². The van der Waals surface area contributed by atoms with Crippen molar-refractivity contribution in [1.82, 2.24) is 19.7 Å². The van der Waals surface area contributed by atoms with Crippen LogP contribution in [0.2, 0.25) is 0 Å². The van der Waals surface area contributed by atoms with Gasteiger partial charge in [0.2, 0.25) is 0 Å². The molecule has 3 aliphatic rings. The van der Waals surface area contributed by atoms with E-state index in [1.807, 2.05) is 7.05 Å². The molecule has 2 aliphatic carbocycles. The van der Waals surface area contributed by atoms with Crippen LogP contribution >= 0.6 is 24.0 Å². The molecule has 1 N–H and O–H groups in total. The van der Waals surface area contributed by atoms with Crippen LogP contribution in [0.15, 0.2) is 23.3 Å². The Morgan fingerprint density at radius 2 is 2.00 bits per heavy atom. The van der Waals surface area contributed by atoms with Crippen LogP contribution in [-0.2, 0) is 13.6 Å². The summed E-state index contributed by atoms with van der Waals surface area (Å²) < 4.78 is 2.16. The summed E-state index contributed by atoms with van der Waals surface area (Å²) in [6.45, 7) is 5.42. The number of nitrogens with one attached hydrogen (secondary N) is 1. The lowest BCUT2D eigenvalue weighted by atomic mass is 9.93. The summed E-state index contributed by atoms with van der Waals surface area (Å²) >= 11 is 0. The molecule has 0 radical (unpaired) electrons. The lowest BCUT2D eigenvalue weighted by molar-refractivity contribution is 0.0958. The number of aryl methyl sites for hydroxylation is 1. The first kappa shape index (κ1) is 19.0. The third-order valence-electron chi connectivity index (χ3n) is 6.47. The van der Waals surface area contributed by atoms with E-state index in [4.69, 9.17) is 0 Å². The van der Waals surface area contributed by atoms with Gasteiger partial charge in [0.1, 0.15) is 0 Å². The van der Waals surface area contributed by atoms with E-state index < -0.39 is 0 Å².